The second-order valence-corrected chi connectivity index (χ2v) is 11.7. The number of halogens is 1. The van der Waals surface area contributed by atoms with Gasteiger partial charge >= 0.3 is 5.97 Å². The highest BCUT2D eigenvalue weighted by atomic mass is 35.5. The maximum atomic E-state index is 12.3. The van der Waals surface area contributed by atoms with Crippen LogP contribution in [0.5, 0.6) is 11.5 Å². The summed E-state index contributed by atoms with van der Waals surface area (Å²) >= 11 is 7.48. The van der Waals surface area contributed by atoms with E-state index in [0.717, 1.165) is 5.56 Å². The predicted octanol–water partition coefficient (Wildman–Crippen LogP) is 3.91. The van der Waals surface area contributed by atoms with Crippen molar-refractivity contribution in [2.75, 3.05) is 16.4 Å². The van der Waals surface area contributed by atoms with Gasteiger partial charge in [0.25, 0.3) is 0 Å². The molecule has 0 saturated carbocycles. The molecule has 2 saturated heterocycles. The van der Waals surface area contributed by atoms with Crippen LogP contribution >= 0.6 is 23.4 Å². The number of fused-ring (bicyclic) bond motifs is 1. The molecule has 0 aliphatic carbocycles. The van der Waals surface area contributed by atoms with Crippen molar-refractivity contribution in [3.8, 4) is 11.5 Å². The first-order valence-corrected chi connectivity index (χ1v) is 13.2. The average Bonchev–Trinajstić information content (AvgIpc) is 3.18. The fraction of sp³-hybridized carbons (Fsp3) is 0.318. The van der Waals surface area contributed by atoms with Crippen molar-refractivity contribution in [2.24, 2.45) is 4.99 Å². The van der Waals surface area contributed by atoms with E-state index in [1.165, 1.54) is 11.8 Å². The monoisotopic (exact) mass is 508 g/mol. The normalized spacial score (nSPS) is 22.4. The summed E-state index contributed by atoms with van der Waals surface area (Å²) in [5, 5.41) is 9.26. The van der Waals surface area contributed by atoms with Gasteiger partial charge < -0.3 is 14.7 Å². The lowest BCUT2D eigenvalue weighted by molar-refractivity contribution is -0.138. The molecular formula is C22H21ClN2O6S2. The Bertz CT molecular complexity index is 1250. The van der Waals surface area contributed by atoms with Gasteiger partial charge in [0.2, 0.25) is 5.91 Å². The van der Waals surface area contributed by atoms with E-state index in [1.54, 1.807) is 29.2 Å². The number of aryl methyl sites for hydroxylation is 1. The van der Waals surface area contributed by atoms with E-state index in [4.69, 9.17) is 21.4 Å². The van der Waals surface area contributed by atoms with Gasteiger partial charge in [-0.15, -0.1) is 0 Å². The van der Waals surface area contributed by atoms with Crippen molar-refractivity contribution < 1.29 is 27.9 Å². The molecule has 0 spiro atoms. The number of thioether (sulfide) groups is 1. The second kappa shape index (κ2) is 9.36. The third-order valence-electron chi connectivity index (χ3n) is 5.24. The minimum absolute atomic E-state index is 0.0319. The molecule has 174 valence electrons. The molecule has 8 nitrogen and oxygen atoms in total. The molecule has 2 heterocycles. The first-order valence-electron chi connectivity index (χ1n) is 10.1. The lowest BCUT2D eigenvalue weighted by Gasteiger charge is -2.26. The Morgan fingerprint density at radius 2 is 2.00 bits per heavy atom. The SMILES string of the molecule is Cc1cccc(Oc2ccc(Cl)cc2N2C(=NC(=O)CCC(=O)O)SC3CS(=O)(=O)CC32)c1. The summed E-state index contributed by atoms with van der Waals surface area (Å²) in [4.78, 5) is 29.0. The second-order valence-electron chi connectivity index (χ2n) is 7.88. The summed E-state index contributed by atoms with van der Waals surface area (Å²) in [5.41, 5.74) is 1.50. The number of hydrogen-bond acceptors (Lipinski definition) is 6. The van der Waals surface area contributed by atoms with Crippen LogP contribution in [0.25, 0.3) is 0 Å². The van der Waals surface area contributed by atoms with Crippen molar-refractivity contribution in [3.05, 3.63) is 53.1 Å². The summed E-state index contributed by atoms with van der Waals surface area (Å²) in [6.07, 6.45) is -0.580. The minimum atomic E-state index is -3.26. The van der Waals surface area contributed by atoms with E-state index < -0.39 is 27.8 Å². The highest BCUT2D eigenvalue weighted by Gasteiger charge is 2.50. The molecule has 2 atom stereocenters. The number of aliphatic imine (C=N–C) groups is 1. The number of carboxylic acid groups (broad SMARTS) is 1. The zero-order valence-corrected chi connectivity index (χ0v) is 20.0. The molecule has 2 aromatic carbocycles. The number of nitrogens with zero attached hydrogens (tertiary/aromatic N) is 2. The fourth-order valence-corrected chi connectivity index (χ4v) is 7.88. The zero-order valence-electron chi connectivity index (χ0n) is 17.6. The number of carboxylic acids is 1. The van der Waals surface area contributed by atoms with E-state index in [1.807, 2.05) is 25.1 Å². The molecule has 1 amide bonds. The lowest BCUT2D eigenvalue weighted by atomic mass is 10.2. The Morgan fingerprint density at radius 1 is 1.21 bits per heavy atom. The zero-order chi connectivity index (χ0) is 23.8. The largest absolute Gasteiger partial charge is 0.481 e. The molecule has 2 unspecified atom stereocenters. The van der Waals surface area contributed by atoms with Crippen LogP contribution in [-0.4, -0.2) is 53.4 Å². The quantitative estimate of drug-likeness (QED) is 0.624. The molecule has 2 fully saturated rings. The van der Waals surface area contributed by atoms with Gasteiger partial charge in [0, 0.05) is 16.7 Å². The molecule has 2 aromatic rings. The van der Waals surface area contributed by atoms with Gasteiger partial charge in [-0.1, -0.05) is 35.5 Å². The smallest absolute Gasteiger partial charge is 0.303 e. The number of sulfone groups is 1. The number of rotatable bonds is 6. The van der Waals surface area contributed by atoms with Crippen LogP contribution in [0.3, 0.4) is 0 Å². The predicted molar refractivity (Wildman–Crippen MR) is 128 cm³/mol. The van der Waals surface area contributed by atoms with Gasteiger partial charge in [0.05, 0.1) is 29.7 Å². The van der Waals surface area contributed by atoms with Gasteiger partial charge in [-0.25, -0.2) is 8.42 Å². The lowest BCUT2D eigenvalue weighted by Crippen LogP contribution is -2.38. The van der Waals surface area contributed by atoms with E-state index in [2.05, 4.69) is 4.99 Å². The van der Waals surface area contributed by atoms with E-state index in [-0.39, 0.29) is 29.6 Å². The third-order valence-corrected chi connectivity index (χ3v) is 8.68. The molecule has 2 aliphatic rings. The number of amidine groups is 1. The summed E-state index contributed by atoms with van der Waals surface area (Å²) in [6, 6.07) is 12.0. The summed E-state index contributed by atoms with van der Waals surface area (Å²) < 4.78 is 30.8. The maximum Gasteiger partial charge on any atom is 0.303 e. The van der Waals surface area contributed by atoms with Crippen LogP contribution in [0.1, 0.15) is 18.4 Å². The molecule has 33 heavy (non-hydrogen) atoms. The van der Waals surface area contributed by atoms with Crippen LogP contribution in [0.4, 0.5) is 5.69 Å². The highest BCUT2D eigenvalue weighted by Crippen LogP contribution is 2.45. The van der Waals surface area contributed by atoms with Gasteiger partial charge in [-0.3, -0.25) is 9.59 Å². The molecule has 0 radical (unpaired) electrons. The van der Waals surface area contributed by atoms with Crippen LogP contribution in [0, 0.1) is 6.92 Å². The first kappa shape index (κ1) is 23.6. The van der Waals surface area contributed by atoms with Crippen LogP contribution in [0.2, 0.25) is 5.02 Å². The Kier molecular flexibility index (Phi) is 6.69. The van der Waals surface area contributed by atoms with Crippen LogP contribution in [-0.2, 0) is 19.4 Å². The number of amides is 1. The third kappa shape index (κ3) is 5.51. The van der Waals surface area contributed by atoms with E-state index in [0.29, 0.717) is 27.4 Å². The summed E-state index contributed by atoms with van der Waals surface area (Å²) in [6.45, 7) is 1.94. The molecule has 0 aromatic heterocycles. The first-order chi connectivity index (χ1) is 15.6. The van der Waals surface area contributed by atoms with Crippen LogP contribution < -0.4 is 9.64 Å². The van der Waals surface area contributed by atoms with Gasteiger partial charge in [-0.2, -0.15) is 4.99 Å². The van der Waals surface area contributed by atoms with Crippen LogP contribution in [0.15, 0.2) is 47.5 Å². The minimum Gasteiger partial charge on any atom is -0.481 e. The van der Waals surface area contributed by atoms with Crippen molar-refractivity contribution in [3.63, 3.8) is 0 Å². The Labute approximate surface area is 200 Å². The fourth-order valence-electron chi connectivity index (χ4n) is 3.79. The van der Waals surface area contributed by atoms with Gasteiger partial charge in [-0.05, 0) is 42.8 Å². The standard InChI is InChI=1S/C22H21ClN2O6S2/c1-13-3-2-4-15(9-13)31-18-6-5-14(23)10-16(18)25-17-11-33(29,30)12-19(17)32-22(25)24-20(26)7-8-21(27)28/h2-6,9-10,17,19H,7-8,11-12H2,1H3,(H,27,28). The summed E-state index contributed by atoms with van der Waals surface area (Å²) in [7, 11) is -3.26. The van der Waals surface area contributed by atoms with E-state index >= 15 is 0 Å². The number of carbonyl (C=O) groups is 2. The topological polar surface area (TPSA) is 113 Å². The van der Waals surface area contributed by atoms with Crippen molar-refractivity contribution in [1.29, 1.82) is 0 Å². The van der Waals surface area contributed by atoms with E-state index in [9.17, 15) is 18.0 Å². The molecule has 1 N–H and O–H groups in total. The molecule has 2 aliphatic heterocycles. The molecular weight excluding hydrogens is 488 g/mol. The molecule has 0 bridgehead atoms. The Balaban J connectivity index is 1.74. The molecule has 4 rings (SSSR count). The van der Waals surface area contributed by atoms with Gasteiger partial charge in [0.15, 0.2) is 20.8 Å². The number of hydrogen-bond donors (Lipinski definition) is 1. The van der Waals surface area contributed by atoms with Crippen molar-refractivity contribution in [2.45, 2.75) is 31.1 Å². The average molecular weight is 509 g/mol. The Hall–Kier alpha value is -2.56. The number of anilines is 1. The molecule has 11 heteroatoms. The number of aliphatic carboxylic acids is 1. The van der Waals surface area contributed by atoms with Crippen molar-refractivity contribution in [1.82, 2.24) is 0 Å². The number of benzene rings is 2. The number of carbonyl (C=O) groups excluding carboxylic acids is 1. The number of ether oxygens (including phenoxy) is 1. The maximum absolute atomic E-state index is 12.3. The Morgan fingerprint density at radius 3 is 2.73 bits per heavy atom. The summed E-state index contributed by atoms with van der Waals surface area (Å²) in [5.74, 6) is -0.778. The highest BCUT2D eigenvalue weighted by molar-refractivity contribution is 8.16. The van der Waals surface area contributed by atoms with Gasteiger partial charge in [0.1, 0.15) is 5.75 Å². The van der Waals surface area contributed by atoms with Crippen molar-refractivity contribution >= 4 is 55.9 Å².